The number of hydrogen-bond donors (Lipinski definition) is 1. The SMILES string of the molecule is COCCCNCCN1CCC(CN2CCCC2)CC1. The fourth-order valence-corrected chi connectivity index (χ4v) is 3.43. The predicted molar refractivity (Wildman–Crippen MR) is 84.2 cm³/mol. The van der Waals surface area contributed by atoms with Crippen molar-refractivity contribution in [2.75, 3.05) is 66.1 Å². The third kappa shape index (κ3) is 6.08. The fraction of sp³-hybridized carbons (Fsp3) is 1.00. The van der Waals surface area contributed by atoms with Crippen LogP contribution in [0.5, 0.6) is 0 Å². The smallest absolute Gasteiger partial charge is 0.0474 e. The minimum absolute atomic E-state index is 0.870. The van der Waals surface area contributed by atoms with E-state index < -0.39 is 0 Å². The van der Waals surface area contributed by atoms with Crippen LogP contribution in [0.15, 0.2) is 0 Å². The maximum absolute atomic E-state index is 5.05. The van der Waals surface area contributed by atoms with Crippen LogP contribution < -0.4 is 5.32 Å². The van der Waals surface area contributed by atoms with Crippen molar-refractivity contribution in [1.82, 2.24) is 15.1 Å². The minimum atomic E-state index is 0.870. The van der Waals surface area contributed by atoms with Gasteiger partial charge in [0.25, 0.3) is 0 Å². The highest BCUT2D eigenvalue weighted by molar-refractivity contribution is 4.77. The summed E-state index contributed by atoms with van der Waals surface area (Å²) in [6.45, 7) is 11.0. The van der Waals surface area contributed by atoms with Gasteiger partial charge in [-0.3, -0.25) is 0 Å². The highest BCUT2D eigenvalue weighted by atomic mass is 16.5. The van der Waals surface area contributed by atoms with Gasteiger partial charge in [0.1, 0.15) is 0 Å². The van der Waals surface area contributed by atoms with Crippen molar-refractivity contribution >= 4 is 0 Å². The number of methoxy groups -OCH3 is 1. The number of likely N-dealkylation sites (tertiary alicyclic amines) is 2. The van der Waals surface area contributed by atoms with Gasteiger partial charge < -0.3 is 19.9 Å². The third-order valence-electron chi connectivity index (χ3n) is 4.73. The highest BCUT2D eigenvalue weighted by Gasteiger charge is 2.22. The van der Waals surface area contributed by atoms with Crippen molar-refractivity contribution in [3.05, 3.63) is 0 Å². The Bertz CT molecular complexity index is 236. The molecule has 4 heteroatoms. The zero-order valence-electron chi connectivity index (χ0n) is 13.3. The second kappa shape index (κ2) is 9.72. The van der Waals surface area contributed by atoms with Crippen molar-refractivity contribution in [1.29, 1.82) is 0 Å². The average molecular weight is 283 g/mol. The van der Waals surface area contributed by atoms with Crippen molar-refractivity contribution in [3.8, 4) is 0 Å². The van der Waals surface area contributed by atoms with E-state index in [-0.39, 0.29) is 0 Å². The topological polar surface area (TPSA) is 27.7 Å². The summed E-state index contributed by atoms with van der Waals surface area (Å²) in [5.74, 6) is 0.957. The molecule has 0 aromatic rings. The Kier molecular flexibility index (Phi) is 7.88. The van der Waals surface area contributed by atoms with E-state index in [1.54, 1.807) is 7.11 Å². The summed E-state index contributed by atoms with van der Waals surface area (Å²) < 4.78 is 5.05. The van der Waals surface area contributed by atoms with E-state index in [9.17, 15) is 0 Å². The molecule has 2 heterocycles. The van der Waals surface area contributed by atoms with E-state index in [1.807, 2.05) is 0 Å². The van der Waals surface area contributed by atoms with E-state index in [4.69, 9.17) is 4.74 Å². The molecule has 20 heavy (non-hydrogen) atoms. The number of rotatable bonds is 9. The Labute approximate surface area is 124 Å². The summed E-state index contributed by atoms with van der Waals surface area (Å²) in [4.78, 5) is 5.31. The van der Waals surface area contributed by atoms with E-state index in [0.29, 0.717) is 0 Å². The maximum atomic E-state index is 5.05. The Balaban J connectivity index is 1.46. The summed E-state index contributed by atoms with van der Waals surface area (Å²) in [6, 6.07) is 0. The first-order chi connectivity index (χ1) is 9.88. The molecule has 4 nitrogen and oxygen atoms in total. The van der Waals surface area contributed by atoms with Crippen LogP contribution in [0.4, 0.5) is 0 Å². The van der Waals surface area contributed by atoms with Gasteiger partial charge in [0.2, 0.25) is 0 Å². The first-order valence-electron chi connectivity index (χ1n) is 8.53. The second-order valence-electron chi connectivity index (χ2n) is 6.39. The molecular formula is C16H33N3O. The summed E-state index contributed by atoms with van der Waals surface area (Å²) in [6.07, 6.45) is 6.77. The lowest BCUT2D eigenvalue weighted by Gasteiger charge is -2.33. The lowest BCUT2D eigenvalue weighted by Crippen LogP contribution is -2.41. The average Bonchev–Trinajstić information content (AvgIpc) is 2.97. The lowest BCUT2D eigenvalue weighted by molar-refractivity contribution is 0.154. The number of nitrogens with zero attached hydrogens (tertiary/aromatic N) is 2. The van der Waals surface area contributed by atoms with Gasteiger partial charge in [0.05, 0.1) is 0 Å². The molecular weight excluding hydrogens is 250 g/mol. The Morgan fingerprint density at radius 3 is 2.45 bits per heavy atom. The van der Waals surface area contributed by atoms with Crippen LogP contribution in [0.1, 0.15) is 32.1 Å². The predicted octanol–water partition coefficient (Wildman–Crippen LogP) is 1.42. The molecule has 0 spiro atoms. The lowest BCUT2D eigenvalue weighted by atomic mass is 9.96. The minimum Gasteiger partial charge on any atom is -0.385 e. The highest BCUT2D eigenvalue weighted by Crippen LogP contribution is 2.20. The molecule has 2 rings (SSSR count). The van der Waals surface area contributed by atoms with Gasteiger partial charge in [-0.15, -0.1) is 0 Å². The van der Waals surface area contributed by atoms with Crippen LogP contribution >= 0.6 is 0 Å². The number of piperidine rings is 1. The van der Waals surface area contributed by atoms with Gasteiger partial charge >= 0.3 is 0 Å². The van der Waals surface area contributed by atoms with Crippen LogP contribution in [0.2, 0.25) is 0 Å². The van der Waals surface area contributed by atoms with Gasteiger partial charge in [0, 0.05) is 33.4 Å². The number of ether oxygens (including phenoxy) is 1. The molecule has 2 aliphatic rings. The molecule has 0 aromatic heterocycles. The Hall–Kier alpha value is -0.160. The zero-order valence-corrected chi connectivity index (χ0v) is 13.3. The van der Waals surface area contributed by atoms with E-state index in [0.717, 1.165) is 32.0 Å². The summed E-state index contributed by atoms with van der Waals surface area (Å²) in [7, 11) is 1.77. The van der Waals surface area contributed by atoms with Crippen molar-refractivity contribution < 1.29 is 4.74 Å². The molecule has 2 fully saturated rings. The summed E-state index contributed by atoms with van der Waals surface area (Å²) in [5, 5.41) is 3.51. The normalized spacial score (nSPS) is 22.6. The maximum Gasteiger partial charge on any atom is 0.0474 e. The molecule has 0 bridgehead atoms. The molecule has 2 saturated heterocycles. The fourth-order valence-electron chi connectivity index (χ4n) is 3.43. The van der Waals surface area contributed by atoms with E-state index >= 15 is 0 Å². The molecule has 0 radical (unpaired) electrons. The van der Waals surface area contributed by atoms with Gasteiger partial charge in [0.15, 0.2) is 0 Å². The number of hydrogen-bond acceptors (Lipinski definition) is 4. The van der Waals surface area contributed by atoms with Gasteiger partial charge in [-0.2, -0.15) is 0 Å². The third-order valence-corrected chi connectivity index (χ3v) is 4.73. The zero-order chi connectivity index (χ0) is 14.0. The van der Waals surface area contributed by atoms with Crippen LogP contribution in [-0.4, -0.2) is 75.9 Å². The molecule has 118 valence electrons. The second-order valence-corrected chi connectivity index (χ2v) is 6.39. The Morgan fingerprint density at radius 2 is 1.75 bits per heavy atom. The molecule has 1 N–H and O–H groups in total. The molecule has 0 saturated carbocycles. The summed E-state index contributed by atoms with van der Waals surface area (Å²) in [5.41, 5.74) is 0. The largest absolute Gasteiger partial charge is 0.385 e. The van der Waals surface area contributed by atoms with Gasteiger partial charge in [-0.1, -0.05) is 0 Å². The summed E-state index contributed by atoms with van der Waals surface area (Å²) >= 11 is 0. The standard InChI is InChI=1S/C16H33N3O/c1-20-14-4-7-17-8-13-18-11-5-16(6-12-18)15-19-9-2-3-10-19/h16-17H,2-15H2,1H3. The first-order valence-corrected chi connectivity index (χ1v) is 8.53. The van der Waals surface area contributed by atoms with Crippen LogP contribution in [0.3, 0.4) is 0 Å². The first kappa shape index (κ1) is 16.2. The molecule has 0 unspecified atom stereocenters. The van der Waals surface area contributed by atoms with Crippen molar-refractivity contribution in [3.63, 3.8) is 0 Å². The molecule has 0 aromatic carbocycles. The number of nitrogens with one attached hydrogen (secondary N) is 1. The van der Waals surface area contributed by atoms with Crippen molar-refractivity contribution in [2.24, 2.45) is 5.92 Å². The van der Waals surface area contributed by atoms with E-state index in [1.165, 1.54) is 65.0 Å². The van der Waals surface area contributed by atoms with Crippen LogP contribution in [-0.2, 0) is 4.74 Å². The quantitative estimate of drug-likeness (QED) is 0.648. The molecule has 2 aliphatic heterocycles. The van der Waals surface area contributed by atoms with Crippen LogP contribution in [0.25, 0.3) is 0 Å². The van der Waals surface area contributed by atoms with Gasteiger partial charge in [-0.05, 0) is 70.7 Å². The van der Waals surface area contributed by atoms with Gasteiger partial charge in [-0.25, -0.2) is 0 Å². The van der Waals surface area contributed by atoms with Crippen LogP contribution in [0, 0.1) is 5.92 Å². The molecule has 0 aliphatic carbocycles. The van der Waals surface area contributed by atoms with E-state index in [2.05, 4.69) is 15.1 Å². The molecule has 0 atom stereocenters. The molecule has 0 amide bonds. The Morgan fingerprint density at radius 1 is 1.00 bits per heavy atom. The van der Waals surface area contributed by atoms with Crippen molar-refractivity contribution in [2.45, 2.75) is 32.1 Å². The monoisotopic (exact) mass is 283 g/mol.